The van der Waals surface area contributed by atoms with E-state index in [1.165, 1.54) is 0 Å². The van der Waals surface area contributed by atoms with E-state index < -0.39 is 0 Å². The highest BCUT2D eigenvalue weighted by molar-refractivity contribution is 5.94. The highest BCUT2D eigenvalue weighted by Gasteiger charge is 2.08. The van der Waals surface area contributed by atoms with Gasteiger partial charge in [-0.25, -0.2) is 0 Å². The lowest BCUT2D eigenvalue weighted by molar-refractivity contribution is -0.115. The predicted molar refractivity (Wildman–Crippen MR) is 82.0 cm³/mol. The molecule has 0 aliphatic heterocycles. The number of Topliss-reactive ketones (excluding diaryl/α,β-unsaturated/α-hetero) is 1. The molecular formula is C17H26O2. The maximum absolute atomic E-state index is 11.5. The van der Waals surface area contributed by atoms with Crippen LogP contribution in [-0.2, 0) is 9.53 Å². The number of hydrogen-bond acceptors (Lipinski definition) is 2. The summed E-state index contributed by atoms with van der Waals surface area (Å²) in [6.07, 6.45) is 6.43. The zero-order valence-corrected chi connectivity index (χ0v) is 13.3. The van der Waals surface area contributed by atoms with Gasteiger partial charge in [-0.15, -0.1) is 0 Å². The quantitative estimate of drug-likeness (QED) is 0.392. The minimum absolute atomic E-state index is 0.181. The number of ketones is 1. The van der Waals surface area contributed by atoms with Crippen LogP contribution in [-0.4, -0.2) is 12.9 Å². The van der Waals surface area contributed by atoms with Crippen LogP contribution in [0.1, 0.15) is 48.0 Å². The van der Waals surface area contributed by atoms with Gasteiger partial charge in [-0.1, -0.05) is 25.2 Å². The molecule has 19 heavy (non-hydrogen) atoms. The summed E-state index contributed by atoms with van der Waals surface area (Å²) in [6, 6.07) is 0. The molecule has 0 heterocycles. The van der Waals surface area contributed by atoms with Gasteiger partial charge in [0.15, 0.2) is 5.78 Å². The Morgan fingerprint density at radius 2 is 1.58 bits per heavy atom. The van der Waals surface area contributed by atoms with E-state index in [1.54, 1.807) is 7.11 Å². The van der Waals surface area contributed by atoms with Gasteiger partial charge in [0.05, 0.1) is 7.11 Å². The summed E-state index contributed by atoms with van der Waals surface area (Å²) in [7, 11) is 1.68. The average molecular weight is 262 g/mol. The molecule has 0 saturated heterocycles. The van der Waals surface area contributed by atoms with Gasteiger partial charge in [-0.2, -0.15) is 0 Å². The van der Waals surface area contributed by atoms with Gasteiger partial charge >= 0.3 is 0 Å². The highest BCUT2D eigenvalue weighted by atomic mass is 16.5. The van der Waals surface area contributed by atoms with Crippen LogP contribution in [0.5, 0.6) is 0 Å². The lowest BCUT2D eigenvalue weighted by Gasteiger charge is -2.13. The van der Waals surface area contributed by atoms with E-state index in [-0.39, 0.29) is 5.78 Å². The van der Waals surface area contributed by atoms with Gasteiger partial charge in [0.2, 0.25) is 0 Å². The number of carbonyl (C=O) groups is 1. The fourth-order valence-corrected chi connectivity index (χ4v) is 1.83. The molecular weight excluding hydrogens is 236 g/mol. The summed E-state index contributed by atoms with van der Waals surface area (Å²) < 4.78 is 5.44. The summed E-state index contributed by atoms with van der Waals surface area (Å²) in [6.45, 7) is 11.8. The first-order valence-electron chi connectivity index (χ1n) is 6.65. The lowest BCUT2D eigenvalue weighted by atomic mass is 10.0. The van der Waals surface area contributed by atoms with Crippen molar-refractivity contribution in [1.82, 2.24) is 0 Å². The molecule has 0 unspecified atom stereocenters. The Morgan fingerprint density at radius 1 is 1.05 bits per heavy atom. The van der Waals surface area contributed by atoms with Crippen LogP contribution >= 0.6 is 0 Å². The van der Waals surface area contributed by atoms with Crippen molar-refractivity contribution < 1.29 is 9.53 Å². The van der Waals surface area contributed by atoms with Gasteiger partial charge in [-0.3, -0.25) is 4.79 Å². The third-order valence-electron chi connectivity index (χ3n) is 2.96. The van der Waals surface area contributed by atoms with E-state index >= 15 is 0 Å². The molecule has 0 atom stereocenters. The van der Waals surface area contributed by atoms with Gasteiger partial charge in [0, 0.05) is 12.0 Å². The molecule has 0 aromatic rings. The largest absolute Gasteiger partial charge is 0.496 e. The molecule has 0 rings (SSSR count). The summed E-state index contributed by atoms with van der Waals surface area (Å²) in [5.74, 6) is 1.07. The number of carbonyl (C=O) groups excluding carboxylic acids is 1. The maximum atomic E-state index is 11.5. The second-order valence-corrected chi connectivity index (χ2v) is 4.71. The molecule has 2 heteroatoms. The van der Waals surface area contributed by atoms with E-state index in [2.05, 4.69) is 0 Å². The Balaban J connectivity index is 5.35. The zero-order valence-electron chi connectivity index (χ0n) is 13.3. The van der Waals surface area contributed by atoms with Crippen molar-refractivity contribution in [3.8, 4) is 0 Å². The summed E-state index contributed by atoms with van der Waals surface area (Å²) in [5, 5.41) is 0. The van der Waals surface area contributed by atoms with Gasteiger partial charge in [-0.05, 0) is 51.3 Å². The van der Waals surface area contributed by atoms with Gasteiger partial charge in [0.25, 0.3) is 0 Å². The van der Waals surface area contributed by atoms with E-state index in [0.717, 1.165) is 28.1 Å². The molecule has 0 spiro atoms. The molecule has 0 aliphatic rings. The molecule has 0 aromatic heterocycles. The first-order chi connectivity index (χ1) is 8.88. The van der Waals surface area contributed by atoms with Crippen LogP contribution in [0, 0.1) is 0 Å². The first kappa shape index (κ1) is 17.4. The Bertz CT molecular complexity index is 442. The fraction of sp³-hybridized carbons (Fsp3) is 0.471. The topological polar surface area (TPSA) is 26.3 Å². The molecule has 0 amide bonds. The van der Waals surface area contributed by atoms with Crippen LogP contribution in [0.4, 0.5) is 0 Å². The van der Waals surface area contributed by atoms with Crippen molar-refractivity contribution in [1.29, 1.82) is 0 Å². The number of hydrogen-bond donors (Lipinski definition) is 0. The number of methoxy groups -OCH3 is 1. The molecule has 0 fully saturated rings. The summed E-state index contributed by atoms with van der Waals surface area (Å²) in [4.78, 5) is 11.5. The standard InChI is InChI=1S/C17H26O2/c1-8-15(17(19-7)12(3)4)13(5)10-11-14(6)16(18)9-2/h8,10-11H,9H2,1-7H3/b13-10+,14-11+,15-8-. The minimum atomic E-state index is 0.181. The van der Waals surface area contributed by atoms with Crippen molar-refractivity contribution in [2.75, 3.05) is 7.11 Å². The third kappa shape index (κ3) is 5.29. The van der Waals surface area contributed by atoms with E-state index in [4.69, 9.17) is 4.74 Å². The summed E-state index contributed by atoms with van der Waals surface area (Å²) in [5.41, 5.74) is 4.07. The van der Waals surface area contributed by atoms with Crippen molar-refractivity contribution >= 4 is 5.78 Å². The van der Waals surface area contributed by atoms with E-state index in [9.17, 15) is 4.79 Å². The van der Waals surface area contributed by atoms with Gasteiger partial charge < -0.3 is 4.74 Å². The zero-order chi connectivity index (χ0) is 15.0. The second kappa shape index (κ2) is 8.52. The monoisotopic (exact) mass is 262 g/mol. The molecule has 0 aliphatic carbocycles. The van der Waals surface area contributed by atoms with Crippen molar-refractivity contribution in [3.05, 3.63) is 46.3 Å². The normalized spacial score (nSPS) is 13.3. The molecule has 106 valence electrons. The average Bonchev–Trinajstić information content (AvgIpc) is 2.39. The van der Waals surface area contributed by atoms with Crippen LogP contribution in [0.25, 0.3) is 0 Å². The highest BCUT2D eigenvalue weighted by Crippen LogP contribution is 2.23. The molecule has 0 bridgehead atoms. The Kier molecular flexibility index (Phi) is 7.81. The van der Waals surface area contributed by atoms with Crippen LogP contribution in [0.2, 0.25) is 0 Å². The van der Waals surface area contributed by atoms with Gasteiger partial charge in [0.1, 0.15) is 5.76 Å². The van der Waals surface area contributed by atoms with Crippen molar-refractivity contribution in [2.45, 2.75) is 48.0 Å². The smallest absolute Gasteiger partial charge is 0.158 e. The molecule has 0 aromatic carbocycles. The minimum Gasteiger partial charge on any atom is -0.496 e. The molecule has 0 radical (unpaired) electrons. The number of allylic oxidation sites excluding steroid dienone is 6. The van der Waals surface area contributed by atoms with Crippen LogP contribution < -0.4 is 0 Å². The van der Waals surface area contributed by atoms with E-state index in [0.29, 0.717) is 6.42 Å². The second-order valence-electron chi connectivity index (χ2n) is 4.71. The fourth-order valence-electron chi connectivity index (χ4n) is 1.83. The third-order valence-corrected chi connectivity index (χ3v) is 2.96. The van der Waals surface area contributed by atoms with Crippen LogP contribution in [0.15, 0.2) is 46.3 Å². The van der Waals surface area contributed by atoms with E-state index in [1.807, 2.05) is 59.8 Å². The van der Waals surface area contributed by atoms with Crippen molar-refractivity contribution in [2.24, 2.45) is 0 Å². The Hall–Kier alpha value is -1.57. The van der Waals surface area contributed by atoms with Crippen LogP contribution in [0.3, 0.4) is 0 Å². The predicted octanol–water partition coefficient (Wildman–Crippen LogP) is 4.74. The van der Waals surface area contributed by atoms with Crippen molar-refractivity contribution in [3.63, 3.8) is 0 Å². The molecule has 0 saturated carbocycles. The summed E-state index contributed by atoms with van der Waals surface area (Å²) >= 11 is 0. The number of ether oxygens (including phenoxy) is 1. The lowest BCUT2D eigenvalue weighted by Crippen LogP contribution is -1.98. The SMILES string of the molecule is C/C=C(C(OC)=C(C)C)/C(C)=C/C=C(\C)C(=O)CC. The number of rotatable bonds is 6. The molecule has 0 N–H and O–H groups in total. The first-order valence-corrected chi connectivity index (χ1v) is 6.65. The molecule has 2 nitrogen and oxygen atoms in total. The Morgan fingerprint density at radius 3 is 1.95 bits per heavy atom. The Labute approximate surface area is 117 Å². The maximum Gasteiger partial charge on any atom is 0.158 e.